The number of rotatable bonds is 0. The predicted octanol–water partition coefficient (Wildman–Crippen LogP) is 2.13. The molecule has 0 spiro atoms. The quantitative estimate of drug-likeness (QED) is 0.638. The maximum Gasteiger partial charge on any atom is 0.405 e. The smallest absolute Gasteiger partial charge is 0.405 e. The molecule has 0 aromatic carbocycles. The van der Waals surface area contributed by atoms with Crippen molar-refractivity contribution in [1.29, 1.82) is 0 Å². The molecule has 1 aliphatic heterocycles. The first-order chi connectivity index (χ1) is 6.42. The molecule has 1 heterocycles. The molecule has 1 rings (SSSR count). The average Bonchev–Trinajstić information content (AvgIpc) is 2.03. The Morgan fingerprint density at radius 2 is 1.79 bits per heavy atom. The highest BCUT2D eigenvalue weighted by Crippen LogP contribution is 2.04. The number of carbonyl (C=O) groups is 1. The number of piperidine rings is 1. The predicted molar refractivity (Wildman–Crippen MR) is 61.4 cm³/mol. The first-order valence-electron chi connectivity index (χ1n) is 5.11. The average molecular weight is 206 g/mol. The lowest BCUT2D eigenvalue weighted by atomic mass is 10.2. The lowest BCUT2D eigenvalue weighted by molar-refractivity contribution is 0.0600. The van der Waals surface area contributed by atoms with Crippen LogP contribution in [0.4, 0.5) is 4.79 Å². The number of ether oxygens (including phenoxy) is 1. The van der Waals surface area contributed by atoms with E-state index in [0.29, 0.717) is 0 Å². The monoisotopic (exact) mass is 206 g/mol. The van der Waals surface area contributed by atoms with Crippen LogP contribution in [0, 0.1) is 0 Å². The second-order valence-electron chi connectivity index (χ2n) is 4.34. The highest BCUT2D eigenvalue weighted by atomic mass is 16.6. The molecule has 3 N–H and O–H groups in total. The molecule has 1 saturated heterocycles. The highest BCUT2D eigenvalue weighted by molar-refractivity contribution is 5.65. The zero-order valence-corrected chi connectivity index (χ0v) is 9.43. The second-order valence-corrected chi connectivity index (χ2v) is 4.34. The van der Waals surface area contributed by atoms with Gasteiger partial charge in [0.25, 0.3) is 0 Å². The number of amides is 1. The van der Waals surface area contributed by atoms with Gasteiger partial charge in [-0.25, -0.2) is 4.79 Å². The van der Waals surface area contributed by atoms with E-state index in [2.05, 4.69) is 10.1 Å². The van der Waals surface area contributed by atoms with E-state index in [1.807, 2.05) is 0 Å². The van der Waals surface area contributed by atoms with Gasteiger partial charge in [-0.15, -0.1) is 0 Å². The van der Waals surface area contributed by atoms with Crippen LogP contribution >= 0.6 is 0 Å². The largest absolute Gasteiger partial charge is 0.444 e. The lowest BCUT2D eigenvalue weighted by Crippen LogP contribution is -2.27. The minimum absolute atomic E-state index is 0. The van der Waals surface area contributed by atoms with E-state index in [4.69, 9.17) is 5.73 Å². The molecule has 1 amide bonds. The van der Waals surface area contributed by atoms with Crippen LogP contribution in [0.15, 0.2) is 0 Å². The van der Waals surface area contributed by atoms with E-state index >= 15 is 0 Å². The maximum absolute atomic E-state index is 10.0. The van der Waals surface area contributed by atoms with Crippen molar-refractivity contribution in [2.24, 2.45) is 5.73 Å². The molecular formula is C10H26N2O2. The Bertz CT molecular complexity index is 157. The van der Waals surface area contributed by atoms with Gasteiger partial charge in [0.05, 0.1) is 0 Å². The highest BCUT2D eigenvalue weighted by Gasteiger charge is 2.12. The van der Waals surface area contributed by atoms with Gasteiger partial charge in [-0.3, -0.25) is 0 Å². The number of hydrogen-bond donors (Lipinski definition) is 2. The molecule has 1 aliphatic rings. The fraction of sp³-hybridized carbons (Fsp3) is 0.900. The van der Waals surface area contributed by atoms with Gasteiger partial charge in [0.2, 0.25) is 0 Å². The number of nitrogens with one attached hydrogen (secondary N) is 1. The van der Waals surface area contributed by atoms with Gasteiger partial charge in [0, 0.05) is 2.85 Å². The van der Waals surface area contributed by atoms with Crippen molar-refractivity contribution in [3.63, 3.8) is 0 Å². The van der Waals surface area contributed by atoms with Crippen LogP contribution in [0.5, 0.6) is 0 Å². The topological polar surface area (TPSA) is 64.3 Å². The Hall–Kier alpha value is -0.770. The third kappa shape index (κ3) is 11.2. The van der Waals surface area contributed by atoms with Crippen molar-refractivity contribution in [1.82, 2.24) is 5.32 Å². The Morgan fingerprint density at radius 3 is 1.86 bits per heavy atom. The van der Waals surface area contributed by atoms with E-state index in [0.717, 1.165) is 0 Å². The number of primary amides is 1. The minimum Gasteiger partial charge on any atom is -0.444 e. The van der Waals surface area contributed by atoms with Gasteiger partial charge >= 0.3 is 6.09 Å². The van der Waals surface area contributed by atoms with Crippen LogP contribution in [-0.2, 0) is 4.74 Å². The van der Waals surface area contributed by atoms with E-state index in [9.17, 15) is 4.79 Å². The summed E-state index contributed by atoms with van der Waals surface area (Å²) in [5.74, 6) is 0. The molecule has 0 radical (unpaired) electrons. The minimum atomic E-state index is -0.725. The van der Waals surface area contributed by atoms with Crippen LogP contribution in [-0.4, -0.2) is 24.8 Å². The maximum atomic E-state index is 10.0. The number of hydrogen-bond acceptors (Lipinski definition) is 3. The molecule has 4 heteroatoms. The molecule has 0 bridgehead atoms. The van der Waals surface area contributed by atoms with Crippen LogP contribution < -0.4 is 11.1 Å². The summed E-state index contributed by atoms with van der Waals surface area (Å²) in [7, 11) is 0. The number of carbonyl (C=O) groups excluding carboxylic acids is 1. The molecule has 0 aromatic rings. The van der Waals surface area contributed by atoms with Crippen molar-refractivity contribution in [2.45, 2.75) is 45.6 Å². The summed E-state index contributed by atoms with van der Waals surface area (Å²) in [6.07, 6.45) is 3.49. The number of nitrogens with two attached hydrogens (primary N) is 1. The van der Waals surface area contributed by atoms with Gasteiger partial charge < -0.3 is 15.8 Å². The van der Waals surface area contributed by atoms with Crippen molar-refractivity contribution in [2.75, 3.05) is 13.1 Å². The van der Waals surface area contributed by atoms with Crippen LogP contribution in [0.1, 0.15) is 42.9 Å². The molecule has 4 nitrogen and oxygen atoms in total. The summed E-state index contributed by atoms with van der Waals surface area (Å²) in [6, 6.07) is 0. The van der Waals surface area contributed by atoms with Crippen LogP contribution in [0.2, 0.25) is 0 Å². The Morgan fingerprint density at radius 1 is 1.29 bits per heavy atom. The van der Waals surface area contributed by atoms with Gasteiger partial charge in [-0.05, 0) is 46.7 Å². The van der Waals surface area contributed by atoms with Gasteiger partial charge in [0.15, 0.2) is 0 Å². The summed E-state index contributed by atoms with van der Waals surface area (Å²) in [5.41, 5.74) is 4.26. The molecule has 1 fully saturated rings. The second kappa shape index (κ2) is 6.65. The Kier molecular flexibility index (Phi) is 6.28. The third-order valence-electron chi connectivity index (χ3n) is 1.61. The zero-order chi connectivity index (χ0) is 11.0. The zero-order valence-electron chi connectivity index (χ0n) is 9.43. The molecule has 0 saturated carbocycles. The van der Waals surface area contributed by atoms with Gasteiger partial charge in [-0.1, -0.05) is 6.42 Å². The fourth-order valence-corrected chi connectivity index (χ4v) is 1.10. The first-order valence-corrected chi connectivity index (χ1v) is 5.11. The van der Waals surface area contributed by atoms with Crippen molar-refractivity contribution < 1.29 is 12.4 Å². The Balaban J connectivity index is -0.000000192. The molecule has 0 aliphatic carbocycles. The summed E-state index contributed by atoms with van der Waals surface area (Å²) >= 11 is 0. The third-order valence-corrected chi connectivity index (χ3v) is 1.61. The molecule has 88 valence electrons. The van der Waals surface area contributed by atoms with Gasteiger partial charge in [0.1, 0.15) is 5.60 Å². The molecule has 0 atom stereocenters. The lowest BCUT2D eigenvalue weighted by Gasteiger charge is -2.16. The summed E-state index contributed by atoms with van der Waals surface area (Å²) in [4.78, 5) is 10.0. The van der Waals surface area contributed by atoms with E-state index < -0.39 is 11.7 Å². The first kappa shape index (κ1) is 13.2. The van der Waals surface area contributed by atoms with Crippen molar-refractivity contribution in [3.05, 3.63) is 0 Å². The summed E-state index contributed by atoms with van der Waals surface area (Å²) < 4.78 is 4.58. The summed E-state index contributed by atoms with van der Waals surface area (Å²) in [5, 5.41) is 3.28. The molecule has 0 unspecified atom stereocenters. The molecule has 0 aromatic heterocycles. The molecule has 14 heavy (non-hydrogen) atoms. The standard InChI is InChI=1S/C5H11NO2.C5H11N.2H2/c1-5(2,3)8-4(6)7;1-2-4-6-5-3-1;;/h1-3H3,(H2,6,7);6H,1-5H2;2*1H. The normalized spacial score (nSPS) is 16.5. The van der Waals surface area contributed by atoms with E-state index in [-0.39, 0.29) is 2.85 Å². The fourth-order valence-electron chi connectivity index (χ4n) is 1.10. The van der Waals surface area contributed by atoms with Crippen molar-refractivity contribution >= 4 is 6.09 Å². The Labute approximate surface area is 89.2 Å². The van der Waals surface area contributed by atoms with Gasteiger partial charge in [-0.2, -0.15) is 0 Å². The van der Waals surface area contributed by atoms with Crippen molar-refractivity contribution in [3.8, 4) is 0 Å². The SMILES string of the molecule is C1CCNCC1.CC(C)(C)OC(N)=O.[HH].[HH]. The molecular weight excluding hydrogens is 180 g/mol. The van der Waals surface area contributed by atoms with E-state index in [1.54, 1.807) is 20.8 Å². The van der Waals surface area contributed by atoms with Crippen LogP contribution in [0.25, 0.3) is 0 Å². The summed E-state index contributed by atoms with van der Waals surface area (Å²) in [6.45, 7) is 7.78. The van der Waals surface area contributed by atoms with Crippen LogP contribution in [0.3, 0.4) is 0 Å². The van der Waals surface area contributed by atoms with E-state index in [1.165, 1.54) is 32.4 Å².